The number of rotatable bonds is 10. The van der Waals surface area contributed by atoms with Gasteiger partial charge in [0.25, 0.3) is 5.56 Å². The number of carbonyl (C=O) groups is 1. The fourth-order valence-corrected chi connectivity index (χ4v) is 7.08. The van der Waals surface area contributed by atoms with Gasteiger partial charge in [-0.3, -0.25) is 9.36 Å². The van der Waals surface area contributed by atoms with Crippen molar-refractivity contribution in [2.75, 3.05) is 34.0 Å². The molecule has 0 bridgehead atoms. The van der Waals surface area contributed by atoms with Gasteiger partial charge in [0.2, 0.25) is 0 Å². The molecule has 45 heavy (non-hydrogen) atoms. The van der Waals surface area contributed by atoms with Crippen LogP contribution in [0.3, 0.4) is 0 Å². The molecule has 0 aliphatic carbocycles. The highest BCUT2D eigenvalue weighted by Crippen LogP contribution is 2.41. The van der Waals surface area contributed by atoms with Gasteiger partial charge < -0.3 is 23.5 Å². The molecule has 2 aromatic heterocycles. The fourth-order valence-electron chi connectivity index (χ4n) is 6.03. The summed E-state index contributed by atoms with van der Waals surface area (Å²) in [6.07, 6.45) is 1.89. The highest BCUT2D eigenvalue weighted by molar-refractivity contribution is 7.07. The SMILES string of the molecule is CCOc1c(OC)cccc1[C@H]1C(C(=O)OCCOC)=C(C)N=c2s/c(=C/c3ccc4c(c3)c3ccccc3n4CC)c(=O)n21. The van der Waals surface area contributed by atoms with Crippen LogP contribution < -0.4 is 24.4 Å². The van der Waals surface area contributed by atoms with E-state index in [-0.39, 0.29) is 24.3 Å². The lowest BCUT2D eigenvalue weighted by atomic mass is 9.94. The summed E-state index contributed by atoms with van der Waals surface area (Å²) in [5.74, 6) is 0.380. The average Bonchev–Trinajstić information content (AvgIpc) is 3.53. The van der Waals surface area contributed by atoms with Crippen LogP contribution in [0, 0.1) is 0 Å². The van der Waals surface area contributed by atoms with E-state index in [0.717, 1.165) is 23.0 Å². The van der Waals surface area contributed by atoms with Crippen LogP contribution in [0.4, 0.5) is 0 Å². The lowest BCUT2D eigenvalue weighted by molar-refractivity contribution is -0.140. The van der Waals surface area contributed by atoms with Gasteiger partial charge in [0.05, 0.1) is 36.1 Å². The highest BCUT2D eigenvalue weighted by Gasteiger charge is 2.36. The van der Waals surface area contributed by atoms with E-state index >= 15 is 0 Å². The number of hydrogen-bond donors (Lipinski definition) is 0. The smallest absolute Gasteiger partial charge is 0.338 e. The highest BCUT2D eigenvalue weighted by atomic mass is 32.1. The fraction of sp³-hybridized carbons (Fsp3) is 0.286. The van der Waals surface area contributed by atoms with Crippen molar-refractivity contribution in [1.29, 1.82) is 0 Å². The largest absolute Gasteiger partial charge is 0.493 e. The summed E-state index contributed by atoms with van der Waals surface area (Å²) in [5.41, 5.74) is 4.28. The topological polar surface area (TPSA) is 93.3 Å². The molecule has 1 aliphatic rings. The molecule has 0 saturated carbocycles. The molecule has 3 heterocycles. The Bertz CT molecular complexity index is 2140. The first-order valence-corrected chi connectivity index (χ1v) is 15.7. The third-order valence-corrected chi connectivity index (χ3v) is 8.97. The van der Waals surface area contributed by atoms with Gasteiger partial charge in [-0.15, -0.1) is 0 Å². The molecule has 1 atom stereocenters. The molecule has 6 rings (SSSR count). The zero-order valence-corrected chi connectivity index (χ0v) is 26.8. The van der Waals surface area contributed by atoms with Crippen molar-refractivity contribution in [3.63, 3.8) is 0 Å². The quantitative estimate of drug-likeness (QED) is 0.161. The molecule has 0 radical (unpaired) electrons. The van der Waals surface area contributed by atoms with Crippen LogP contribution in [0.1, 0.15) is 37.9 Å². The van der Waals surface area contributed by atoms with Gasteiger partial charge in [-0.1, -0.05) is 47.7 Å². The average molecular weight is 626 g/mol. The van der Waals surface area contributed by atoms with Crippen LogP contribution in [-0.2, 0) is 20.8 Å². The van der Waals surface area contributed by atoms with Crippen molar-refractivity contribution in [3.8, 4) is 11.5 Å². The molecule has 0 saturated heterocycles. The maximum Gasteiger partial charge on any atom is 0.338 e. The first-order valence-electron chi connectivity index (χ1n) is 14.9. The molecular weight excluding hydrogens is 590 g/mol. The van der Waals surface area contributed by atoms with Crippen LogP contribution in [0.25, 0.3) is 27.9 Å². The molecule has 0 amide bonds. The summed E-state index contributed by atoms with van der Waals surface area (Å²) < 4.78 is 26.7. The molecular formula is C35H35N3O6S. The molecule has 0 N–H and O–H groups in total. The standard InChI is InChI=1S/C35H35N3O6S/c1-6-37-26-13-9-8-11-23(26)25-19-22(15-16-27(25)37)20-29-33(39)38-31(24-12-10-14-28(42-5)32(24)43-7-2)30(21(3)36-35(38)45-29)34(40)44-18-17-41-4/h8-16,19-20,31H,6-7,17-18H2,1-5H3/b29-20+/t31-/m0/s1. The second-order valence-corrected chi connectivity index (χ2v) is 11.6. The first-order chi connectivity index (χ1) is 21.9. The van der Waals surface area contributed by atoms with Gasteiger partial charge in [-0.05, 0) is 56.7 Å². The van der Waals surface area contributed by atoms with Crippen LogP contribution in [0.15, 0.2) is 81.7 Å². The van der Waals surface area contributed by atoms with E-state index in [1.807, 2.05) is 43.3 Å². The number of ether oxygens (including phenoxy) is 4. The number of hydrogen-bond acceptors (Lipinski definition) is 8. The van der Waals surface area contributed by atoms with Gasteiger partial charge in [0, 0.05) is 41.0 Å². The first kappa shape index (κ1) is 30.4. The Kier molecular flexibility index (Phi) is 8.60. The summed E-state index contributed by atoms with van der Waals surface area (Å²) in [7, 11) is 3.10. The summed E-state index contributed by atoms with van der Waals surface area (Å²) in [6, 6.07) is 19.2. The summed E-state index contributed by atoms with van der Waals surface area (Å²) in [4.78, 5) is 33.1. The van der Waals surface area contributed by atoms with E-state index in [1.54, 1.807) is 24.7 Å². The molecule has 10 heteroatoms. The minimum absolute atomic E-state index is 0.0661. The third-order valence-electron chi connectivity index (χ3n) is 7.99. The van der Waals surface area contributed by atoms with Crippen LogP contribution >= 0.6 is 11.3 Å². The molecule has 1 aliphatic heterocycles. The monoisotopic (exact) mass is 625 g/mol. The number of thiazole rings is 1. The van der Waals surface area contributed by atoms with E-state index in [4.69, 9.17) is 23.9 Å². The molecule has 0 unspecified atom stereocenters. The van der Waals surface area contributed by atoms with E-state index in [2.05, 4.69) is 35.8 Å². The lowest BCUT2D eigenvalue weighted by Gasteiger charge is -2.27. The number of aryl methyl sites for hydroxylation is 1. The lowest BCUT2D eigenvalue weighted by Crippen LogP contribution is -2.40. The summed E-state index contributed by atoms with van der Waals surface area (Å²) in [6.45, 7) is 7.30. The van der Waals surface area contributed by atoms with Crippen LogP contribution in [0.5, 0.6) is 11.5 Å². The van der Waals surface area contributed by atoms with Crippen molar-refractivity contribution in [2.45, 2.75) is 33.4 Å². The minimum atomic E-state index is -0.847. The van der Waals surface area contributed by atoms with Crippen LogP contribution in [-0.4, -0.2) is 49.1 Å². The van der Waals surface area contributed by atoms with Crippen molar-refractivity contribution in [2.24, 2.45) is 4.99 Å². The van der Waals surface area contributed by atoms with Gasteiger partial charge in [-0.2, -0.15) is 0 Å². The molecule has 9 nitrogen and oxygen atoms in total. The number of carbonyl (C=O) groups excluding carboxylic acids is 1. The van der Waals surface area contributed by atoms with E-state index < -0.39 is 12.0 Å². The van der Waals surface area contributed by atoms with E-state index in [9.17, 15) is 9.59 Å². The van der Waals surface area contributed by atoms with E-state index in [0.29, 0.717) is 38.7 Å². The van der Waals surface area contributed by atoms with Gasteiger partial charge >= 0.3 is 5.97 Å². The number of aromatic nitrogens is 2. The van der Waals surface area contributed by atoms with Gasteiger partial charge in [0.15, 0.2) is 16.3 Å². The predicted octanol–water partition coefficient (Wildman–Crippen LogP) is 4.96. The number of benzene rings is 3. The zero-order valence-electron chi connectivity index (χ0n) is 26.0. The Morgan fingerprint density at radius 1 is 1.00 bits per heavy atom. The second-order valence-electron chi connectivity index (χ2n) is 10.6. The van der Waals surface area contributed by atoms with Crippen molar-refractivity contribution >= 4 is 45.2 Å². The molecule has 232 valence electrons. The molecule has 5 aromatic rings. The maximum absolute atomic E-state index is 14.3. The third kappa shape index (κ3) is 5.34. The zero-order chi connectivity index (χ0) is 31.7. The molecule has 3 aromatic carbocycles. The minimum Gasteiger partial charge on any atom is -0.493 e. The van der Waals surface area contributed by atoms with Crippen molar-refractivity contribution < 1.29 is 23.7 Å². The predicted molar refractivity (Wildman–Crippen MR) is 176 cm³/mol. The Morgan fingerprint density at radius 3 is 2.56 bits per heavy atom. The Morgan fingerprint density at radius 2 is 1.80 bits per heavy atom. The number of allylic oxidation sites excluding steroid dienone is 1. The van der Waals surface area contributed by atoms with Gasteiger partial charge in [0.1, 0.15) is 12.6 Å². The number of esters is 1. The Labute approximate surface area is 264 Å². The van der Waals surface area contributed by atoms with Crippen molar-refractivity contribution in [1.82, 2.24) is 9.13 Å². The number of para-hydroxylation sites is 2. The van der Waals surface area contributed by atoms with E-state index in [1.165, 1.54) is 29.3 Å². The number of methoxy groups -OCH3 is 2. The molecule has 0 fully saturated rings. The normalized spacial score (nSPS) is 15.0. The Hall–Kier alpha value is -4.67. The van der Waals surface area contributed by atoms with Crippen molar-refractivity contribution in [3.05, 3.63) is 103 Å². The summed E-state index contributed by atoms with van der Waals surface area (Å²) >= 11 is 1.29. The van der Waals surface area contributed by atoms with Gasteiger partial charge in [-0.25, -0.2) is 9.79 Å². The van der Waals surface area contributed by atoms with Crippen LogP contribution in [0.2, 0.25) is 0 Å². The maximum atomic E-state index is 14.3. The summed E-state index contributed by atoms with van der Waals surface area (Å²) in [5, 5.41) is 2.29. The second kappa shape index (κ2) is 12.7. The number of nitrogens with zero attached hydrogens (tertiary/aromatic N) is 3. The molecule has 0 spiro atoms. The Balaban J connectivity index is 1.55. The number of fused-ring (bicyclic) bond motifs is 4.